The molecule has 1 N–H and O–H groups in total. The summed E-state index contributed by atoms with van der Waals surface area (Å²) in [5.41, 5.74) is 5.29. The first-order valence-corrected chi connectivity index (χ1v) is 5.17. The molecule has 1 aliphatic heterocycles. The van der Waals surface area contributed by atoms with E-state index in [9.17, 15) is 0 Å². The largest absolute Gasteiger partial charge is 0.263 e. The van der Waals surface area contributed by atoms with Gasteiger partial charge in [-0.2, -0.15) is 0 Å². The molecule has 1 aliphatic rings. The SMILES string of the molecule is C#Cc1cncc([C@@H]2CCN(NC)C2)c1. The van der Waals surface area contributed by atoms with Crippen LogP contribution in [0.1, 0.15) is 23.5 Å². The van der Waals surface area contributed by atoms with Gasteiger partial charge in [0.1, 0.15) is 0 Å². The van der Waals surface area contributed by atoms with Crippen LogP contribution in [0, 0.1) is 12.3 Å². The Morgan fingerprint density at radius 1 is 1.60 bits per heavy atom. The van der Waals surface area contributed by atoms with Gasteiger partial charge in [-0.1, -0.05) is 5.92 Å². The minimum atomic E-state index is 0.554. The van der Waals surface area contributed by atoms with Crippen molar-refractivity contribution in [3.8, 4) is 12.3 Å². The van der Waals surface area contributed by atoms with Crippen molar-refractivity contribution < 1.29 is 0 Å². The van der Waals surface area contributed by atoms with Crippen LogP contribution in [-0.4, -0.2) is 30.1 Å². The second-order valence-corrected chi connectivity index (χ2v) is 3.81. The summed E-state index contributed by atoms with van der Waals surface area (Å²) in [4.78, 5) is 4.17. The van der Waals surface area contributed by atoms with Crippen molar-refractivity contribution in [3.05, 3.63) is 29.6 Å². The molecule has 15 heavy (non-hydrogen) atoms. The van der Waals surface area contributed by atoms with Crippen LogP contribution >= 0.6 is 0 Å². The van der Waals surface area contributed by atoms with E-state index in [2.05, 4.69) is 27.4 Å². The molecule has 1 saturated heterocycles. The summed E-state index contributed by atoms with van der Waals surface area (Å²) >= 11 is 0. The molecule has 2 rings (SSSR count). The maximum absolute atomic E-state index is 5.36. The van der Waals surface area contributed by atoms with Gasteiger partial charge < -0.3 is 0 Å². The quantitative estimate of drug-likeness (QED) is 0.723. The molecule has 0 saturated carbocycles. The summed E-state index contributed by atoms with van der Waals surface area (Å²) in [6.45, 7) is 2.12. The van der Waals surface area contributed by atoms with Crippen molar-refractivity contribution in [3.63, 3.8) is 0 Å². The maximum Gasteiger partial charge on any atom is 0.0428 e. The van der Waals surface area contributed by atoms with Crippen LogP contribution in [-0.2, 0) is 0 Å². The molecule has 0 aliphatic carbocycles. The molecule has 0 bridgehead atoms. The summed E-state index contributed by atoms with van der Waals surface area (Å²) in [6.07, 6.45) is 10.2. The van der Waals surface area contributed by atoms with Crippen LogP contribution in [0.15, 0.2) is 18.5 Å². The Kier molecular flexibility index (Phi) is 3.00. The molecular weight excluding hydrogens is 186 g/mol. The number of hydrazine groups is 1. The van der Waals surface area contributed by atoms with Gasteiger partial charge in [0.2, 0.25) is 0 Å². The molecule has 1 atom stereocenters. The smallest absolute Gasteiger partial charge is 0.0428 e. The average Bonchev–Trinajstić information content (AvgIpc) is 2.78. The number of aromatic nitrogens is 1. The van der Waals surface area contributed by atoms with E-state index < -0.39 is 0 Å². The lowest BCUT2D eigenvalue weighted by atomic mass is 9.99. The highest BCUT2D eigenvalue weighted by molar-refractivity contribution is 5.33. The summed E-state index contributed by atoms with van der Waals surface area (Å²) < 4.78 is 0. The van der Waals surface area contributed by atoms with Crippen molar-refractivity contribution in [1.29, 1.82) is 0 Å². The van der Waals surface area contributed by atoms with Gasteiger partial charge in [-0.3, -0.25) is 10.4 Å². The number of terminal acetylenes is 1. The van der Waals surface area contributed by atoms with Crippen LogP contribution in [0.2, 0.25) is 0 Å². The minimum absolute atomic E-state index is 0.554. The third-order valence-electron chi connectivity index (χ3n) is 2.90. The Labute approximate surface area is 90.5 Å². The third-order valence-corrected chi connectivity index (χ3v) is 2.90. The summed E-state index contributed by atoms with van der Waals surface area (Å²) in [7, 11) is 1.96. The van der Waals surface area contributed by atoms with E-state index in [4.69, 9.17) is 6.42 Å². The van der Waals surface area contributed by atoms with Crippen LogP contribution in [0.5, 0.6) is 0 Å². The number of hydrogen-bond donors (Lipinski definition) is 1. The molecule has 1 fully saturated rings. The predicted molar refractivity (Wildman–Crippen MR) is 60.2 cm³/mol. The summed E-state index contributed by atoms with van der Waals surface area (Å²) in [6, 6.07) is 2.07. The van der Waals surface area contributed by atoms with Gasteiger partial charge in [-0.25, -0.2) is 5.01 Å². The fourth-order valence-corrected chi connectivity index (χ4v) is 2.00. The number of nitrogens with zero attached hydrogens (tertiary/aromatic N) is 2. The van der Waals surface area contributed by atoms with E-state index in [1.54, 1.807) is 6.20 Å². The first kappa shape index (κ1) is 10.2. The Morgan fingerprint density at radius 2 is 2.47 bits per heavy atom. The summed E-state index contributed by atoms with van der Waals surface area (Å²) in [5.74, 6) is 3.18. The minimum Gasteiger partial charge on any atom is -0.263 e. The van der Waals surface area contributed by atoms with Crippen LogP contribution < -0.4 is 5.43 Å². The van der Waals surface area contributed by atoms with Crippen molar-refractivity contribution in [2.75, 3.05) is 20.1 Å². The van der Waals surface area contributed by atoms with E-state index >= 15 is 0 Å². The van der Waals surface area contributed by atoms with E-state index in [1.165, 1.54) is 5.56 Å². The number of nitrogens with one attached hydrogen (secondary N) is 1. The normalized spacial score (nSPS) is 21.5. The molecule has 0 radical (unpaired) electrons. The zero-order valence-electron chi connectivity index (χ0n) is 8.90. The molecule has 0 unspecified atom stereocenters. The fraction of sp³-hybridized carbons (Fsp3) is 0.417. The lowest BCUT2D eigenvalue weighted by Gasteiger charge is -2.14. The van der Waals surface area contributed by atoms with Gasteiger partial charge in [0.05, 0.1) is 0 Å². The van der Waals surface area contributed by atoms with Gasteiger partial charge >= 0.3 is 0 Å². The molecule has 0 amide bonds. The molecular formula is C12H15N3. The number of rotatable bonds is 2. The molecule has 3 nitrogen and oxygen atoms in total. The van der Waals surface area contributed by atoms with E-state index in [0.717, 1.165) is 25.1 Å². The molecule has 1 aromatic heterocycles. The average molecular weight is 201 g/mol. The highest BCUT2D eigenvalue weighted by atomic mass is 15.5. The Hall–Kier alpha value is -1.37. The molecule has 0 spiro atoms. The van der Waals surface area contributed by atoms with Gasteiger partial charge in [-0.15, -0.1) is 6.42 Å². The standard InChI is InChI=1S/C12H15N3/c1-3-10-6-12(8-14-7-10)11-4-5-15(9-11)13-2/h1,6-8,11,13H,4-5,9H2,2H3/t11-/m1/s1. The number of hydrogen-bond acceptors (Lipinski definition) is 3. The van der Waals surface area contributed by atoms with E-state index in [0.29, 0.717) is 5.92 Å². The molecule has 3 heteroatoms. The predicted octanol–water partition coefficient (Wildman–Crippen LogP) is 0.987. The first-order chi connectivity index (χ1) is 7.33. The van der Waals surface area contributed by atoms with Crippen molar-refractivity contribution in [1.82, 2.24) is 15.4 Å². The third kappa shape index (κ3) is 2.17. The van der Waals surface area contributed by atoms with Crippen molar-refractivity contribution in [2.24, 2.45) is 0 Å². The van der Waals surface area contributed by atoms with Crippen molar-refractivity contribution in [2.45, 2.75) is 12.3 Å². The van der Waals surface area contributed by atoms with Crippen molar-refractivity contribution >= 4 is 0 Å². The highest BCUT2D eigenvalue weighted by Crippen LogP contribution is 2.25. The number of pyridine rings is 1. The van der Waals surface area contributed by atoms with Crippen LogP contribution in [0.25, 0.3) is 0 Å². The Morgan fingerprint density at radius 3 is 3.13 bits per heavy atom. The van der Waals surface area contributed by atoms with Gasteiger partial charge in [-0.05, 0) is 25.1 Å². The molecule has 78 valence electrons. The Bertz CT molecular complexity index is 381. The van der Waals surface area contributed by atoms with Gasteiger partial charge in [0, 0.05) is 37.0 Å². The molecule has 0 aromatic carbocycles. The van der Waals surface area contributed by atoms with Crippen LogP contribution in [0.4, 0.5) is 0 Å². The maximum atomic E-state index is 5.36. The zero-order valence-corrected chi connectivity index (χ0v) is 8.90. The second kappa shape index (κ2) is 4.43. The monoisotopic (exact) mass is 201 g/mol. The highest BCUT2D eigenvalue weighted by Gasteiger charge is 2.22. The lowest BCUT2D eigenvalue weighted by Crippen LogP contribution is -2.32. The van der Waals surface area contributed by atoms with Crippen LogP contribution in [0.3, 0.4) is 0 Å². The summed E-state index contributed by atoms with van der Waals surface area (Å²) in [5, 5.41) is 2.22. The topological polar surface area (TPSA) is 28.2 Å². The van der Waals surface area contributed by atoms with E-state index in [1.807, 2.05) is 13.2 Å². The molecule has 1 aromatic rings. The lowest BCUT2D eigenvalue weighted by molar-refractivity contribution is 0.258. The Balaban J connectivity index is 2.14. The first-order valence-electron chi connectivity index (χ1n) is 5.17. The fourth-order valence-electron chi connectivity index (χ4n) is 2.00. The van der Waals surface area contributed by atoms with Gasteiger partial charge in [0.25, 0.3) is 0 Å². The second-order valence-electron chi connectivity index (χ2n) is 3.81. The molecule has 2 heterocycles. The zero-order chi connectivity index (χ0) is 10.7. The van der Waals surface area contributed by atoms with E-state index in [-0.39, 0.29) is 0 Å². The van der Waals surface area contributed by atoms with Gasteiger partial charge in [0.15, 0.2) is 0 Å².